The molecule has 0 saturated carbocycles. The summed E-state index contributed by atoms with van der Waals surface area (Å²) in [7, 11) is 0. The van der Waals surface area contributed by atoms with Crippen LogP contribution in [0.25, 0.3) is 0 Å². The van der Waals surface area contributed by atoms with Crippen LogP contribution in [-0.2, 0) is 9.53 Å². The molecule has 0 radical (unpaired) electrons. The Balaban J connectivity index is 2.40. The zero-order valence-electron chi connectivity index (χ0n) is 9.01. The first-order valence-corrected chi connectivity index (χ1v) is 5.37. The van der Waals surface area contributed by atoms with Crippen molar-refractivity contribution >= 4 is 5.97 Å². The largest absolute Gasteiger partial charge is 0.463 e. The van der Waals surface area contributed by atoms with Gasteiger partial charge in [-0.3, -0.25) is 0 Å². The molecule has 0 aromatic carbocycles. The van der Waals surface area contributed by atoms with Gasteiger partial charge < -0.3 is 10.1 Å². The van der Waals surface area contributed by atoms with Crippen molar-refractivity contribution in [1.29, 1.82) is 0 Å². The van der Waals surface area contributed by atoms with Crippen molar-refractivity contribution in [2.24, 2.45) is 0 Å². The van der Waals surface area contributed by atoms with Crippen LogP contribution in [0.2, 0.25) is 0 Å². The van der Waals surface area contributed by atoms with Crippen molar-refractivity contribution < 1.29 is 9.53 Å². The quantitative estimate of drug-likeness (QED) is 0.696. The minimum absolute atomic E-state index is 0.171. The Kier molecular flexibility index (Phi) is 4.66. The third-order valence-corrected chi connectivity index (χ3v) is 2.40. The first-order chi connectivity index (χ1) is 6.77. The van der Waals surface area contributed by atoms with Gasteiger partial charge in [-0.25, -0.2) is 4.79 Å². The van der Waals surface area contributed by atoms with Crippen LogP contribution in [0.1, 0.15) is 33.1 Å². The Labute approximate surface area is 85.5 Å². The van der Waals surface area contributed by atoms with Crippen molar-refractivity contribution in [3.8, 4) is 0 Å². The van der Waals surface area contributed by atoms with Crippen LogP contribution in [-0.4, -0.2) is 25.2 Å². The van der Waals surface area contributed by atoms with E-state index in [4.69, 9.17) is 4.74 Å². The second-order valence-corrected chi connectivity index (χ2v) is 3.55. The molecular weight excluding hydrogens is 178 g/mol. The zero-order valence-corrected chi connectivity index (χ0v) is 9.01. The van der Waals surface area contributed by atoms with Crippen LogP contribution in [0.15, 0.2) is 11.6 Å². The van der Waals surface area contributed by atoms with Crippen LogP contribution in [0, 0.1) is 0 Å². The molecule has 1 unspecified atom stereocenters. The van der Waals surface area contributed by atoms with Gasteiger partial charge in [-0.2, -0.15) is 0 Å². The van der Waals surface area contributed by atoms with Crippen molar-refractivity contribution in [3.63, 3.8) is 0 Å². The molecule has 1 aliphatic rings. The van der Waals surface area contributed by atoms with Gasteiger partial charge >= 0.3 is 5.97 Å². The third kappa shape index (κ3) is 3.14. The number of esters is 1. The maximum Gasteiger partial charge on any atom is 0.334 e. The molecule has 0 fully saturated rings. The Morgan fingerprint density at radius 3 is 2.93 bits per heavy atom. The van der Waals surface area contributed by atoms with E-state index in [1.807, 2.05) is 13.0 Å². The van der Waals surface area contributed by atoms with E-state index in [1.54, 1.807) is 0 Å². The van der Waals surface area contributed by atoms with Crippen molar-refractivity contribution in [3.05, 3.63) is 11.6 Å². The van der Waals surface area contributed by atoms with Crippen LogP contribution in [0.3, 0.4) is 0 Å². The number of carbonyl (C=O) groups is 1. The lowest BCUT2D eigenvalue weighted by atomic mass is 10.0. The number of hydrogen-bond donors (Lipinski definition) is 1. The highest BCUT2D eigenvalue weighted by Crippen LogP contribution is 2.11. The van der Waals surface area contributed by atoms with Gasteiger partial charge in [0.25, 0.3) is 0 Å². The number of hydrogen-bond acceptors (Lipinski definition) is 3. The van der Waals surface area contributed by atoms with Crippen LogP contribution in [0.5, 0.6) is 0 Å². The van der Waals surface area contributed by atoms with E-state index in [-0.39, 0.29) is 5.97 Å². The molecule has 1 aliphatic heterocycles. The lowest BCUT2D eigenvalue weighted by molar-refractivity contribution is -0.138. The van der Waals surface area contributed by atoms with Crippen molar-refractivity contribution in [2.75, 3.05) is 13.2 Å². The average Bonchev–Trinajstić information content (AvgIpc) is 2.20. The SMILES string of the molecule is CCCC1CC=C(C(=O)OCC)CN1. The second-order valence-electron chi connectivity index (χ2n) is 3.55. The molecule has 80 valence electrons. The number of rotatable bonds is 4. The van der Waals surface area contributed by atoms with Gasteiger partial charge in [0.15, 0.2) is 0 Å². The summed E-state index contributed by atoms with van der Waals surface area (Å²) in [6, 6.07) is 0.540. The molecule has 0 aliphatic carbocycles. The summed E-state index contributed by atoms with van der Waals surface area (Å²) in [6.45, 7) is 5.11. The van der Waals surface area contributed by atoms with Crippen molar-refractivity contribution in [1.82, 2.24) is 5.32 Å². The van der Waals surface area contributed by atoms with E-state index in [1.165, 1.54) is 12.8 Å². The minimum Gasteiger partial charge on any atom is -0.463 e. The maximum absolute atomic E-state index is 11.3. The van der Waals surface area contributed by atoms with Crippen LogP contribution >= 0.6 is 0 Å². The fraction of sp³-hybridized carbons (Fsp3) is 0.727. The van der Waals surface area contributed by atoms with E-state index in [0.717, 1.165) is 12.0 Å². The Morgan fingerprint density at radius 1 is 1.64 bits per heavy atom. The standard InChI is InChI=1S/C11H19NO2/c1-3-5-10-7-6-9(8-12-10)11(13)14-4-2/h6,10,12H,3-5,7-8H2,1-2H3. The molecule has 1 N–H and O–H groups in total. The van der Waals surface area contributed by atoms with Crippen LogP contribution in [0.4, 0.5) is 0 Å². The number of ether oxygens (including phenoxy) is 1. The smallest absolute Gasteiger partial charge is 0.334 e. The molecule has 0 saturated heterocycles. The fourth-order valence-electron chi connectivity index (χ4n) is 1.64. The number of nitrogens with one attached hydrogen (secondary N) is 1. The zero-order chi connectivity index (χ0) is 10.4. The summed E-state index contributed by atoms with van der Waals surface area (Å²) >= 11 is 0. The monoisotopic (exact) mass is 197 g/mol. The Hall–Kier alpha value is -0.830. The first-order valence-electron chi connectivity index (χ1n) is 5.37. The predicted molar refractivity (Wildman–Crippen MR) is 56.0 cm³/mol. The highest BCUT2D eigenvalue weighted by Gasteiger charge is 2.17. The maximum atomic E-state index is 11.3. The average molecular weight is 197 g/mol. The lowest BCUT2D eigenvalue weighted by Crippen LogP contribution is -2.35. The summed E-state index contributed by atoms with van der Waals surface area (Å²) in [6.07, 6.45) is 5.31. The molecule has 3 heteroatoms. The Bertz CT molecular complexity index is 223. The summed E-state index contributed by atoms with van der Waals surface area (Å²) < 4.78 is 4.93. The normalized spacial score (nSPS) is 21.6. The summed E-state index contributed by atoms with van der Waals surface area (Å²) in [5.41, 5.74) is 0.777. The van der Waals surface area contributed by atoms with E-state index in [9.17, 15) is 4.79 Å². The van der Waals surface area contributed by atoms with Gasteiger partial charge in [0, 0.05) is 18.2 Å². The molecule has 0 aromatic heterocycles. The molecule has 1 heterocycles. The lowest BCUT2D eigenvalue weighted by Gasteiger charge is -2.22. The van der Waals surface area contributed by atoms with Crippen LogP contribution < -0.4 is 5.32 Å². The van der Waals surface area contributed by atoms with E-state index in [2.05, 4.69) is 12.2 Å². The fourth-order valence-corrected chi connectivity index (χ4v) is 1.64. The van der Waals surface area contributed by atoms with Gasteiger partial charge in [-0.05, 0) is 19.8 Å². The van der Waals surface area contributed by atoms with E-state index < -0.39 is 0 Å². The minimum atomic E-state index is -0.171. The molecule has 0 spiro atoms. The Morgan fingerprint density at radius 2 is 2.43 bits per heavy atom. The van der Waals surface area contributed by atoms with Gasteiger partial charge in [-0.15, -0.1) is 0 Å². The molecule has 14 heavy (non-hydrogen) atoms. The molecule has 0 aromatic rings. The van der Waals surface area contributed by atoms with Gasteiger partial charge in [-0.1, -0.05) is 19.4 Å². The second kappa shape index (κ2) is 5.81. The number of carbonyl (C=O) groups excluding carboxylic acids is 1. The van der Waals surface area contributed by atoms with Crippen molar-refractivity contribution in [2.45, 2.75) is 39.2 Å². The van der Waals surface area contributed by atoms with Gasteiger partial charge in [0.2, 0.25) is 0 Å². The van der Waals surface area contributed by atoms with E-state index in [0.29, 0.717) is 19.2 Å². The topological polar surface area (TPSA) is 38.3 Å². The predicted octanol–water partition coefficient (Wildman–Crippen LogP) is 1.64. The van der Waals surface area contributed by atoms with Gasteiger partial charge in [0.1, 0.15) is 0 Å². The van der Waals surface area contributed by atoms with E-state index >= 15 is 0 Å². The summed E-state index contributed by atoms with van der Waals surface area (Å²) in [4.78, 5) is 11.3. The molecule has 0 amide bonds. The molecule has 0 bridgehead atoms. The molecule has 3 nitrogen and oxygen atoms in total. The third-order valence-electron chi connectivity index (χ3n) is 2.40. The summed E-state index contributed by atoms with van der Waals surface area (Å²) in [5.74, 6) is -0.171. The molecule has 1 rings (SSSR count). The highest BCUT2D eigenvalue weighted by molar-refractivity contribution is 5.89. The summed E-state index contributed by atoms with van der Waals surface area (Å²) in [5, 5.41) is 3.34. The van der Waals surface area contributed by atoms with Gasteiger partial charge in [0.05, 0.1) is 6.61 Å². The first kappa shape index (κ1) is 11.2. The highest BCUT2D eigenvalue weighted by atomic mass is 16.5. The molecule has 1 atom stereocenters. The molecular formula is C11H19NO2.